The first-order chi connectivity index (χ1) is 9.49. The quantitative estimate of drug-likeness (QED) is 0.859. The van der Waals surface area contributed by atoms with E-state index in [1.807, 2.05) is 26.0 Å². The fraction of sp³-hybridized carbons (Fsp3) is 0.625. The van der Waals surface area contributed by atoms with Gasteiger partial charge in [0.25, 0.3) is 0 Å². The third-order valence-electron chi connectivity index (χ3n) is 3.79. The zero-order valence-electron chi connectivity index (χ0n) is 13.1. The smallest absolute Gasteiger partial charge is 0.144 e. The van der Waals surface area contributed by atoms with Gasteiger partial charge < -0.3 is 15.4 Å². The van der Waals surface area contributed by atoms with Crippen molar-refractivity contribution in [3.05, 3.63) is 18.2 Å². The Balaban J connectivity index is 2.10. The van der Waals surface area contributed by atoms with E-state index < -0.39 is 0 Å². The average molecular weight is 277 g/mol. The Kier molecular flexibility index (Phi) is 4.76. The Morgan fingerprint density at radius 1 is 1.05 bits per heavy atom. The van der Waals surface area contributed by atoms with Gasteiger partial charge in [-0.2, -0.15) is 0 Å². The Morgan fingerprint density at radius 3 is 2.25 bits per heavy atom. The van der Waals surface area contributed by atoms with E-state index in [9.17, 15) is 0 Å². The summed E-state index contributed by atoms with van der Waals surface area (Å²) in [6, 6.07) is 6.68. The van der Waals surface area contributed by atoms with E-state index in [0.29, 0.717) is 6.04 Å². The number of benzene rings is 1. The van der Waals surface area contributed by atoms with Crippen LogP contribution in [0.1, 0.15) is 27.7 Å². The molecule has 0 bridgehead atoms. The number of nitrogens with two attached hydrogens (primary N) is 1. The number of hydrogen-bond donors (Lipinski definition) is 1. The van der Waals surface area contributed by atoms with Gasteiger partial charge in [-0.15, -0.1) is 0 Å². The first-order valence-corrected chi connectivity index (χ1v) is 7.53. The lowest BCUT2D eigenvalue weighted by Crippen LogP contribution is -2.49. The highest BCUT2D eigenvalue weighted by Gasteiger charge is 2.21. The lowest BCUT2D eigenvalue weighted by Gasteiger charge is -2.38. The van der Waals surface area contributed by atoms with Crippen LogP contribution in [-0.2, 0) is 0 Å². The van der Waals surface area contributed by atoms with Gasteiger partial charge in [0.05, 0.1) is 17.5 Å². The molecule has 0 saturated carbocycles. The van der Waals surface area contributed by atoms with Gasteiger partial charge in [0, 0.05) is 32.2 Å². The van der Waals surface area contributed by atoms with Crippen molar-refractivity contribution >= 4 is 11.4 Å². The second kappa shape index (κ2) is 6.35. The monoisotopic (exact) mass is 277 g/mol. The van der Waals surface area contributed by atoms with Gasteiger partial charge in [-0.25, -0.2) is 0 Å². The largest absolute Gasteiger partial charge is 0.489 e. The van der Waals surface area contributed by atoms with Crippen molar-refractivity contribution in [2.75, 3.05) is 36.8 Å². The van der Waals surface area contributed by atoms with E-state index in [2.05, 4.69) is 29.7 Å². The zero-order chi connectivity index (χ0) is 14.7. The number of hydrogen-bond acceptors (Lipinski definition) is 4. The van der Waals surface area contributed by atoms with Crippen LogP contribution in [0.4, 0.5) is 11.4 Å². The second-order valence-electron chi connectivity index (χ2n) is 5.97. The lowest BCUT2D eigenvalue weighted by atomic mass is 10.2. The predicted octanol–water partition coefficient (Wildman–Crippen LogP) is 2.59. The molecule has 112 valence electrons. The molecule has 4 nitrogen and oxygen atoms in total. The summed E-state index contributed by atoms with van der Waals surface area (Å²) in [6.07, 6.45) is 0.144. The minimum absolute atomic E-state index is 0.144. The van der Waals surface area contributed by atoms with Gasteiger partial charge in [0.15, 0.2) is 0 Å². The summed E-state index contributed by atoms with van der Waals surface area (Å²) < 4.78 is 5.77. The summed E-state index contributed by atoms with van der Waals surface area (Å²) >= 11 is 0. The molecule has 1 aliphatic rings. The van der Waals surface area contributed by atoms with Crippen molar-refractivity contribution in [2.45, 2.75) is 39.8 Å². The number of ether oxygens (including phenoxy) is 1. The van der Waals surface area contributed by atoms with E-state index in [4.69, 9.17) is 10.5 Å². The molecule has 2 N–H and O–H groups in total. The van der Waals surface area contributed by atoms with Crippen molar-refractivity contribution in [2.24, 2.45) is 0 Å². The first kappa shape index (κ1) is 15.0. The first-order valence-electron chi connectivity index (χ1n) is 7.53. The normalized spacial score (nSPS) is 17.0. The van der Waals surface area contributed by atoms with Crippen LogP contribution in [0.3, 0.4) is 0 Å². The predicted molar refractivity (Wildman–Crippen MR) is 85.5 cm³/mol. The van der Waals surface area contributed by atoms with Gasteiger partial charge in [0.1, 0.15) is 5.75 Å². The fourth-order valence-electron chi connectivity index (χ4n) is 2.64. The molecule has 0 radical (unpaired) electrons. The maximum absolute atomic E-state index is 6.28. The molecule has 1 aromatic carbocycles. The number of nitrogens with zero attached hydrogens (tertiary/aromatic N) is 2. The molecular weight excluding hydrogens is 250 g/mol. The molecule has 1 aromatic rings. The van der Waals surface area contributed by atoms with E-state index in [-0.39, 0.29) is 6.10 Å². The van der Waals surface area contributed by atoms with Crippen LogP contribution in [0.5, 0.6) is 5.75 Å². The summed E-state index contributed by atoms with van der Waals surface area (Å²) in [5.41, 5.74) is 8.14. The van der Waals surface area contributed by atoms with Gasteiger partial charge >= 0.3 is 0 Å². The number of nitrogen functional groups attached to an aromatic ring is 1. The molecule has 4 heteroatoms. The minimum atomic E-state index is 0.144. The van der Waals surface area contributed by atoms with Crippen molar-refractivity contribution in [3.63, 3.8) is 0 Å². The van der Waals surface area contributed by atoms with E-state index in [1.54, 1.807) is 0 Å². The van der Waals surface area contributed by atoms with Crippen LogP contribution in [0, 0.1) is 0 Å². The Hall–Kier alpha value is -1.42. The number of rotatable bonds is 4. The van der Waals surface area contributed by atoms with Crippen molar-refractivity contribution in [3.8, 4) is 5.75 Å². The molecule has 1 saturated heterocycles. The summed E-state index contributed by atoms with van der Waals surface area (Å²) in [5, 5.41) is 0. The highest BCUT2D eigenvalue weighted by Crippen LogP contribution is 2.33. The van der Waals surface area contributed by atoms with Crippen LogP contribution in [0.2, 0.25) is 0 Å². The standard InChI is InChI=1S/C16H27N3O/c1-12(2)18-8-10-19(11-9-18)14-6-5-7-15(16(14)17)20-13(3)4/h5-7,12-13H,8-11,17H2,1-4H3. The van der Waals surface area contributed by atoms with Gasteiger partial charge in [-0.3, -0.25) is 4.90 Å². The fourth-order valence-corrected chi connectivity index (χ4v) is 2.64. The zero-order valence-corrected chi connectivity index (χ0v) is 13.1. The molecule has 1 aliphatic heterocycles. The van der Waals surface area contributed by atoms with Gasteiger partial charge in [0.2, 0.25) is 0 Å². The molecule has 2 rings (SSSR count). The molecule has 1 heterocycles. The molecule has 0 atom stereocenters. The Morgan fingerprint density at radius 2 is 1.70 bits per heavy atom. The van der Waals surface area contributed by atoms with Crippen LogP contribution in [-0.4, -0.2) is 43.2 Å². The molecule has 0 spiro atoms. The number of piperazine rings is 1. The van der Waals surface area contributed by atoms with Crippen molar-refractivity contribution in [1.29, 1.82) is 0 Å². The molecule has 0 aliphatic carbocycles. The molecular formula is C16H27N3O. The Bertz CT molecular complexity index is 437. The lowest BCUT2D eigenvalue weighted by molar-refractivity contribution is 0.209. The van der Waals surface area contributed by atoms with Crippen molar-refractivity contribution < 1.29 is 4.74 Å². The molecule has 0 unspecified atom stereocenters. The molecule has 20 heavy (non-hydrogen) atoms. The Labute approximate surface area is 122 Å². The topological polar surface area (TPSA) is 41.7 Å². The highest BCUT2D eigenvalue weighted by atomic mass is 16.5. The molecule has 1 fully saturated rings. The van der Waals surface area contributed by atoms with Crippen molar-refractivity contribution in [1.82, 2.24) is 4.90 Å². The summed E-state index contributed by atoms with van der Waals surface area (Å²) in [4.78, 5) is 4.86. The average Bonchev–Trinajstić information content (AvgIpc) is 2.41. The maximum atomic E-state index is 6.28. The minimum Gasteiger partial charge on any atom is -0.489 e. The van der Waals surface area contributed by atoms with Crippen LogP contribution >= 0.6 is 0 Å². The van der Waals surface area contributed by atoms with E-state index >= 15 is 0 Å². The van der Waals surface area contributed by atoms with Gasteiger partial charge in [-0.1, -0.05) is 6.07 Å². The number of anilines is 2. The van der Waals surface area contributed by atoms with Crippen LogP contribution in [0.15, 0.2) is 18.2 Å². The molecule has 0 aromatic heterocycles. The third kappa shape index (κ3) is 3.37. The van der Waals surface area contributed by atoms with Crippen LogP contribution in [0.25, 0.3) is 0 Å². The van der Waals surface area contributed by atoms with E-state index in [1.165, 1.54) is 0 Å². The summed E-state index contributed by atoms with van der Waals surface area (Å²) in [7, 11) is 0. The number of para-hydroxylation sites is 1. The van der Waals surface area contributed by atoms with Gasteiger partial charge in [-0.05, 0) is 39.8 Å². The summed E-state index contributed by atoms with van der Waals surface area (Å²) in [5.74, 6) is 0.795. The summed E-state index contributed by atoms with van der Waals surface area (Å²) in [6.45, 7) is 12.8. The maximum Gasteiger partial charge on any atom is 0.144 e. The van der Waals surface area contributed by atoms with E-state index in [0.717, 1.165) is 43.3 Å². The third-order valence-corrected chi connectivity index (χ3v) is 3.79. The highest BCUT2D eigenvalue weighted by molar-refractivity contribution is 5.74. The van der Waals surface area contributed by atoms with Crippen LogP contribution < -0.4 is 15.4 Å². The molecule has 0 amide bonds. The second-order valence-corrected chi connectivity index (χ2v) is 5.97. The SMILES string of the molecule is CC(C)Oc1cccc(N2CCN(C(C)C)CC2)c1N.